The molecule has 4 nitrogen and oxygen atoms in total. The molecule has 0 spiro atoms. The highest BCUT2D eigenvalue weighted by atomic mass is 32.1. The van der Waals surface area contributed by atoms with Gasteiger partial charge < -0.3 is 14.6 Å². The molecule has 2 aromatic rings. The van der Waals surface area contributed by atoms with Gasteiger partial charge in [0.2, 0.25) is 5.95 Å². The van der Waals surface area contributed by atoms with Gasteiger partial charge in [-0.25, -0.2) is 4.98 Å². The molecular formula is C14H21N3OS. The lowest BCUT2D eigenvalue weighted by molar-refractivity contribution is 0.147. The first kappa shape index (κ1) is 14.1. The summed E-state index contributed by atoms with van der Waals surface area (Å²) < 4.78 is 7.47. The van der Waals surface area contributed by atoms with E-state index in [9.17, 15) is 0 Å². The standard InChI is InChI=1S/C14H21N3OS/c1-3-18-9-4-6-15-14-16-7-8-17(14)11-13-12(2)5-10-19-13/h5,7-8,10H,3-4,6,9,11H2,1-2H3,(H,15,16). The number of aromatic nitrogens is 2. The lowest BCUT2D eigenvalue weighted by Gasteiger charge is -2.09. The fourth-order valence-corrected chi connectivity index (χ4v) is 2.75. The molecule has 19 heavy (non-hydrogen) atoms. The number of hydrogen-bond donors (Lipinski definition) is 1. The van der Waals surface area contributed by atoms with E-state index in [0.717, 1.165) is 38.7 Å². The number of hydrogen-bond acceptors (Lipinski definition) is 4. The summed E-state index contributed by atoms with van der Waals surface area (Å²) in [6, 6.07) is 2.16. The minimum atomic E-state index is 0.784. The lowest BCUT2D eigenvalue weighted by atomic mass is 10.3. The maximum atomic E-state index is 5.32. The van der Waals surface area contributed by atoms with Gasteiger partial charge in [-0.05, 0) is 37.3 Å². The molecule has 0 fully saturated rings. The molecule has 0 amide bonds. The van der Waals surface area contributed by atoms with Crippen LogP contribution in [0.5, 0.6) is 0 Å². The number of thiophene rings is 1. The Labute approximate surface area is 118 Å². The first-order valence-electron chi connectivity index (χ1n) is 6.67. The first-order valence-corrected chi connectivity index (χ1v) is 7.55. The molecule has 0 unspecified atom stereocenters. The molecule has 0 aliphatic carbocycles. The van der Waals surface area contributed by atoms with Gasteiger partial charge in [0.25, 0.3) is 0 Å². The van der Waals surface area contributed by atoms with E-state index in [1.807, 2.05) is 19.3 Å². The molecule has 104 valence electrons. The lowest BCUT2D eigenvalue weighted by Crippen LogP contribution is -2.11. The number of rotatable bonds is 8. The van der Waals surface area contributed by atoms with Crippen molar-refractivity contribution in [1.82, 2.24) is 9.55 Å². The second kappa shape index (κ2) is 7.31. The maximum Gasteiger partial charge on any atom is 0.203 e. The Morgan fingerprint density at radius 2 is 2.37 bits per heavy atom. The fourth-order valence-electron chi connectivity index (χ4n) is 1.84. The van der Waals surface area contributed by atoms with Crippen molar-refractivity contribution in [1.29, 1.82) is 0 Å². The second-order valence-corrected chi connectivity index (χ2v) is 5.38. The largest absolute Gasteiger partial charge is 0.382 e. The van der Waals surface area contributed by atoms with E-state index < -0.39 is 0 Å². The van der Waals surface area contributed by atoms with Crippen molar-refractivity contribution in [3.8, 4) is 0 Å². The van der Waals surface area contributed by atoms with Crippen LogP contribution in [0.25, 0.3) is 0 Å². The van der Waals surface area contributed by atoms with Gasteiger partial charge in [0.05, 0.1) is 6.54 Å². The van der Waals surface area contributed by atoms with Crippen LogP contribution in [0.4, 0.5) is 5.95 Å². The predicted molar refractivity (Wildman–Crippen MR) is 80.0 cm³/mol. The zero-order chi connectivity index (χ0) is 13.5. The van der Waals surface area contributed by atoms with Crippen LogP contribution >= 0.6 is 11.3 Å². The molecular weight excluding hydrogens is 258 g/mol. The van der Waals surface area contributed by atoms with Gasteiger partial charge in [-0.2, -0.15) is 0 Å². The smallest absolute Gasteiger partial charge is 0.203 e. The van der Waals surface area contributed by atoms with Gasteiger partial charge in [-0.15, -0.1) is 11.3 Å². The molecule has 0 radical (unpaired) electrons. The Hall–Kier alpha value is -1.33. The summed E-state index contributed by atoms with van der Waals surface area (Å²) in [5.74, 6) is 0.935. The Morgan fingerprint density at radius 1 is 1.47 bits per heavy atom. The summed E-state index contributed by atoms with van der Waals surface area (Å²) in [5, 5.41) is 5.50. The first-order chi connectivity index (χ1) is 9.31. The van der Waals surface area contributed by atoms with Crippen molar-refractivity contribution in [3.63, 3.8) is 0 Å². The highest BCUT2D eigenvalue weighted by Crippen LogP contribution is 2.18. The summed E-state index contributed by atoms with van der Waals surface area (Å²) in [6.45, 7) is 7.53. The molecule has 0 atom stereocenters. The number of nitrogens with one attached hydrogen (secondary N) is 1. The van der Waals surface area contributed by atoms with Crippen molar-refractivity contribution in [3.05, 3.63) is 34.3 Å². The number of ether oxygens (including phenoxy) is 1. The van der Waals surface area contributed by atoms with E-state index in [2.05, 4.69) is 33.2 Å². The van der Waals surface area contributed by atoms with Gasteiger partial charge in [0.15, 0.2) is 0 Å². The molecule has 0 aromatic carbocycles. The van der Waals surface area contributed by atoms with Crippen LogP contribution in [0.1, 0.15) is 23.8 Å². The highest BCUT2D eigenvalue weighted by molar-refractivity contribution is 7.10. The highest BCUT2D eigenvalue weighted by Gasteiger charge is 2.05. The minimum Gasteiger partial charge on any atom is -0.382 e. The molecule has 1 N–H and O–H groups in total. The number of imidazole rings is 1. The van der Waals surface area contributed by atoms with Crippen LogP contribution in [0.2, 0.25) is 0 Å². The van der Waals surface area contributed by atoms with E-state index in [0.29, 0.717) is 0 Å². The molecule has 0 aliphatic rings. The van der Waals surface area contributed by atoms with Crippen molar-refractivity contribution in [2.45, 2.75) is 26.8 Å². The zero-order valence-electron chi connectivity index (χ0n) is 11.6. The van der Waals surface area contributed by atoms with Gasteiger partial charge in [-0.1, -0.05) is 0 Å². The predicted octanol–water partition coefficient (Wildman–Crippen LogP) is 3.14. The average Bonchev–Trinajstić information content (AvgIpc) is 3.00. The summed E-state index contributed by atoms with van der Waals surface area (Å²) in [4.78, 5) is 5.74. The normalized spacial score (nSPS) is 10.8. The Bertz CT molecular complexity index is 492. The minimum absolute atomic E-state index is 0.784. The molecule has 0 aliphatic heterocycles. The Morgan fingerprint density at radius 3 is 3.11 bits per heavy atom. The van der Waals surface area contributed by atoms with Gasteiger partial charge >= 0.3 is 0 Å². The molecule has 2 heterocycles. The Balaban J connectivity index is 1.85. The SMILES string of the molecule is CCOCCCNc1nccn1Cc1sccc1C. The van der Waals surface area contributed by atoms with Crippen molar-refractivity contribution in [2.24, 2.45) is 0 Å². The van der Waals surface area contributed by atoms with E-state index in [-0.39, 0.29) is 0 Å². The summed E-state index contributed by atoms with van der Waals surface area (Å²) in [5.41, 5.74) is 1.35. The summed E-state index contributed by atoms with van der Waals surface area (Å²) >= 11 is 1.80. The van der Waals surface area contributed by atoms with Crippen LogP contribution in [-0.4, -0.2) is 29.3 Å². The van der Waals surface area contributed by atoms with Gasteiger partial charge in [0, 0.05) is 37.0 Å². The third-order valence-electron chi connectivity index (χ3n) is 2.95. The quantitative estimate of drug-likeness (QED) is 0.755. The average molecular weight is 279 g/mol. The van der Waals surface area contributed by atoms with E-state index in [1.165, 1.54) is 10.4 Å². The molecule has 0 saturated carbocycles. The number of nitrogens with zero attached hydrogens (tertiary/aromatic N) is 2. The fraction of sp³-hybridized carbons (Fsp3) is 0.500. The summed E-state index contributed by atoms with van der Waals surface area (Å²) in [7, 11) is 0. The number of anilines is 1. The van der Waals surface area contributed by atoms with E-state index in [1.54, 1.807) is 11.3 Å². The molecule has 2 rings (SSSR count). The van der Waals surface area contributed by atoms with Crippen LogP contribution in [0.15, 0.2) is 23.8 Å². The molecule has 0 bridgehead atoms. The van der Waals surface area contributed by atoms with Crippen LogP contribution < -0.4 is 5.32 Å². The van der Waals surface area contributed by atoms with Crippen molar-refractivity contribution < 1.29 is 4.74 Å². The van der Waals surface area contributed by atoms with Crippen LogP contribution in [-0.2, 0) is 11.3 Å². The van der Waals surface area contributed by atoms with E-state index in [4.69, 9.17) is 4.74 Å². The maximum absolute atomic E-state index is 5.32. The van der Waals surface area contributed by atoms with E-state index >= 15 is 0 Å². The van der Waals surface area contributed by atoms with Gasteiger partial charge in [0.1, 0.15) is 0 Å². The Kier molecular flexibility index (Phi) is 5.42. The van der Waals surface area contributed by atoms with Crippen LogP contribution in [0.3, 0.4) is 0 Å². The topological polar surface area (TPSA) is 39.1 Å². The second-order valence-electron chi connectivity index (χ2n) is 4.38. The molecule has 0 saturated heterocycles. The van der Waals surface area contributed by atoms with Crippen molar-refractivity contribution in [2.75, 3.05) is 25.1 Å². The number of aryl methyl sites for hydroxylation is 1. The monoisotopic (exact) mass is 279 g/mol. The summed E-state index contributed by atoms with van der Waals surface area (Å²) in [6.07, 6.45) is 4.86. The van der Waals surface area contributed by atoms with Crippen molar-refractivity contribution >= 4 is 17.3 Å². The molecule has 2 aromatic heterocycles. The van der Waals surface area contributed by atoms with Gasteiger partial charge in [-0.3, -0.25) is 0 Å². The third kappa shape index (κ3) is 4.08. The third-order valence-corrected chi connectivity index (χ3v) is 3.96. The zero-order valence-corrected chi connectivity index (χ0v) is 12.4. The molecule has 5 heteroatoms. The van der Waals surface area contributed by atoms with Crippen LogP contribution in [0, 0.1) is 6.92 Å².